The summed E-state index contributed by atoms with van der Waals surface area (Å²) in [5.74, 6) is 1.06. The van der Waals surface area contributed by atoms with Crippen LogP contribution in [0.3, 0.4) is 0 Å². The van der Waals surface area contributed by atoms with Gasteiger partial charge in [-0.2, -0.15) is 5.26 Å². The molecule has 1 aliphatic rings. The molecule has 2 aromatic rings. The van der Waals surface area contributed by atoms with E-state index in [0.717, 1.165) is 29.5 Å². The highest BCUT2D eigenvalue weighted by Crippen LogP contribution is 2.25. The number of rotatable bonds is 7. The Balaban J connectivity index is 1.40. The Morgan fingerprint density at radius 2 is 2.11 bits per heavy atom. The standard InChI is InChI=1S/C21H23BrN4O2/c22-18-4-2-5-19(12-18)26-9-7-17(15-26)14-25-21(27)24-13-16-3-1-6-20(11-16)28-10-8-23/h1-6,11-12,17H,7,9-10,13-15H2,(H2,24,25,27). The number of nitrogens with zero attached hydrogens (tertiary/aromatic N) is 2. The number of anilines is 1. The maximum atomic E-state index is 12.1. The molecule has 0 spiro atoms. The third-order valence-electron chi connectivity index (χ3n) is 4.67. The van der Waals surface area contributed by atoms with Gasteiger partial charge in [-0.25, -0.2) is 4.79 Å². The topological polar surface area (TPSA) is 77.4 Å². The number of nitriles is 1. The maximum absolute atomic E-state index is 12.1. The van der Waals surface area contributed by atoms with Gasteiger partial charge >= 0.3 is 6.03 Å². The quantitative estimate of drug-likeness (QED) is 0.685. The number of benzene rings is 2. The Bertz CT molecular complexity index is 852. The first-order chi connectivity index (χ1) is 13.6. The average Bonchev–Trinajstić information content (AvgIpc) is 3.19. The fourth-order valence-electron chi connectivity index (χ4n) is 3.25. The van der Waals surface area contributed by atoms with Crippen LogP contribution in [-0.2, 0) is 6.54 Å². The normalized spacial score (nSPS) is 15.7. The monoisotopic (exact) mass is 442 g/mol. The van der Waals surface area contributed by atoms with Crippen molar-refractivity contribution in [2.24, 2.45) is 5.92 Å². The molecule has 0 radical (unpaired) electrons. The Morgan fingerprint density at radius 3 is 2.93 bits per heavy atom. The van der Waals surface area contributed by atoms with Gasteiger partial charge in [0.2, 0.25) is 0 Å². The average molecular weight is 443 g/mol. The molecule has 1 heterocycles. The van der Waals surface area contributed by atoms with Crippen molar-refractivity contribution >= 4 is 27.6 Å². The van der Waals surface area contributed by atoms with Crippen molar-refractivity contribution in [1.82, 2.24) is 10.6 Å². The zero-order valence-corrected chi connectivity index (χ0v) is 17.1. The third kappa shape index (κ3) is 5.89. The van der Waals surface area contributed by atoms with Crippen molar-refractivity contribution in [3.63, 3.8) is 0 Å². The third-order valence-corrected chi connectivity index (χ3v) is 5.16. The lowest BCUT2D eigenvalue weighted by atomic mass is 10.1. The molecule has 0 aromatic heterocycles. The predicted molar refractivity (Wildman–Crippen MR) is 112 cm³/mol. The maximum Gasteiger partial charge on any atom is 0.315 e. The summed E-state index contributed by atoms with van der Waals surface area (Å²) in [4.78, 5) is 14.5. The van der Waals surface area contributed by atoms with Crippen molar-refractivity contribution in [2.75, 3.05) is 31.1 Å². The summed E-state index contributed by atoms with van der Waals surface area (Å²) in [7, 11) is 0. The zero-order chi connectivity index (χ0) is 19.8. The molecule has 2 amide bonds. The SMILES string of the molecule is N#CCOc1cccc(CNC(=O)NCC2CCN(c3cccc(Br)c3)C2)c1. The van der Waals surface area contributed by atoms with Gasteiger partial charge in [-0.15, -0.1) is 0 Å². The van der Waals surface area contributed by atoms with Crippen LogP contribution in [0, 0.1) is 17.2 Å². The molecule has 1 fully saturated rings. The summed E-state index contributed by atoms with van der Waals surface area (Å²) in [6, 6.07) is 17.4. The van der Waals surface area contributed by atoms with Crippen LogP contribution in [0.15, 0.2) is 53.0 Å². The molecule has 0 saturated carbocycles. The molecule has 1 atom stereocenters. The van der Waals surface area contributed by atoms with E-state index in [9.17, 15) is 4.79 Å². The number of ether oxygens (including phenoxy) is 1. The van der Waals surface area contributed by atoms with Crippen LogP contribution in [0.25, 0.3) is 0 Å². The van der Waals surface area contributed by atoms with Gasteiger partial charge in [0.05, 0.1) is 0 Å². The van der Waals surface area contributed by atoms with Gasteiger partial charge in [-0.3, -0.25) is 0 Å². The predicted octanol–water partition coefficient (Wildman–Crippen LogP) is 3.68. The molecule has 2 N–H and O–H groups in total. The molecule has 146 valence electrons. The lowest BCUT2D eigenvalue weighted by Crippen LogP contribution is -2.38. The highest BCUT2D eigenvalue weighted by atomic mass is 79.9. The Kier molecular flexibility index (Phi) is 7.15. The molecule has 2 aromatic carbocycles. The van der Waals surface area contributed by atoms with Crippen molar-refractivity contribution in [1.29, 1.82) is 5.26 Å². The molecule has 1 aliphatic heterocycles. The number of carbonyl (C=O) groups excluding carboxylic acids is 1. The molecular formula is C21H23BrN4O2. The first kappa shape index (κ1) is 20.0. The number of nitrogens with one attached hydrogen (secondary N) is 2. The number of urea groups is 1. The second kappa shape index (κ2) is 10.00. The van der Waals surface area contributed by atoms with Crippen LogP contribution in [0.4, 0.5) is 10.5 Å². The van der Waals surface area contributed by atoms with Crippen LogP contribution in [-0.4, -0.2) is 32.3 Å². The fourth-order valence-corrected chi connectivity index (χ4v) is 3.64. The molecule has 3 rings (SSSR count). The van der Waals surface area contributed by atoms with Crippen LogP contribution >= 0.6 is 15.9 Å². The number of amides is 2. The van der Waals surface area contributed by atoms with E-state index in [1.165, 1.54) is 5.69 Å². The van der Waals surface area contributed by atoms with Gasteiger partial charge in [0.1, 0.15) is 11.8 Å². The first-order valence-electron chi connectivity index (χ1n) is 9.25. The number of hydrogen-bond acceptors (Lipinski definition) is 4. The van der Waals surface area contributed by atoms with Gasteiger partial charge in [0, 0.05) is 36.3 Å². The Labute approximate surface area is 173 Å². The van der Waals surface area contributed by atoms with Crippen molar-refractivity contribution in [2.45, 2.75) is 13.0 Å². The molecule has 1 saturated heterocycles. The van der Waals surface area contributed by atoms with Gasteiger partial charge < -0.3 is 20.3 Å². The number of hydrogen-bond donors (Lipinski definition) is 2. The minimum Gasteiger partial charge on any atom is -0.479 e. The van der Waals surface area contributed by atoms with E-state index in [-0.39, 0.29) is 12.6 Å². The van der Waals surface area contributed by atoms with Crippen molar-refractivity contribution in [3.8, 4) is 11.8 Å². The van der Waals surface area contributed by atoms with Crippen molar-refractivity contribution in [3.05, 3.63) is 58.6 Å². The van der Waals surface area contributed by atoms with E-state index in [4.69, 9.17) is 10.00 Å². The molecular weight excluding hydrogens is 420 g/mol. The van der Waals surface area contributed by atoms with Gasteiger partial charge in [-0.1, -0.05) is 34.1 Å². The summed E-state index contributed by atoms with van der Waals surface area (Å²) in [5, 5.41) is 14.4. The molecule has 1 unspecified atom stereocenters. The number of carbonyl (C=O) groups is 1. The molecule has 28 heavy (non-hydrogen) atoms. The van der Waals surface area contributed by atoms with E-state index >= 15 is 0 Å². The lowest BCUT2D eigenvalue weighted by Gasteiger charge is -2.19. The summed E-state index contributed by atoms with van der Waals surface area (Å²) < 4.78 is 6.35. The number of halogens is 1. The Morgan fingerprint density at radius 1 is 1.25 bits per heavy atom. The largest absolute Gasteiger partial charge is 0.479 e. The lowest BCUT2D eigenvalue weighted by molar-refractivity contribution is 0.239. The van der Waals surface area contributed by atoms with Gasteiger partial charge in [0.15, 0.2) is 6.61 Å². The zero-order valence-electron chi connectivity index (χ0n) is 15.5. The highest BCUT2D eigenvalue weighted by molar-refractivity contribution is 9.10. The highest BCUT2D eigenvalue weighted by Gasteiger charge is 2.23. The smallest absolute Gasteiger partial charge is 0.315 e. The summed E-state index contributed by atoms with van der Waals surface area (Å²) in [6.45, 7) is 3.01. The molecule has 0 bridgehead atoms. The molecule has 0 aliphatic carbocycles. The summed E-state index contributed by atoms with van der Waals surface area (Å²) in [5.41, 5.74) is 2.13. The van der Waals surface area contributed by atoms with Crippen LogP contribution in [0.1, 0.15) is 12.0 Å². The van der Waals surface area contributed by atoms with E-state index in [1.807, 2.05) is 36.4 Å². The summed E-state index contributed by atoms with van der Waals surface area (Å²) >= 11 is 3.51. The van der Waals surface area contributed by atoms with Crippen LogP contribution < -0.4 is 20.3 Å². The second-order valence-electron chi connectivity index (χ2n) is 6.74. The van der Waals surface area contributed by atoms with E-state index in [1.54, 1.807) is 6.07 Å². The summed E-state index contributed by atoms with van der Waals surface area (Å²) in [6.07, 6.45) is 1.06. The van der Waals surface area contributed by atoms with Crippen LogP contribution in [0.5, 0.6) is 5.75 Å². The van der Waals surface area contributed by atoms with E-state index in [2.05, 4.69) is 43.6 Å². The fraction of sp³-hybridized carbons (Fsp3) is 0.333. The van der Waals surface area contributed by atoms with Gasteiger partial charge in [-0.05, 0) is 48.2 Å². The van der Waals surface area contributed by atoms with Crippen LogP contribution in [0.2, 0.25) is 0 Å². The Hall–Kier alpha value is -2.72. The second-order valence-corrected chi connectivity index (χ2v) is 7.65. The van der Waals surface area contributed by atoms with Crippen molar-refractivity contribution < 1.29 is 9.53 Å². The van der Waals surface area contributed by atoms with E-state index in [0.29, 0.717) is 24.8 Å². The first-order valence-corrected chi connectivity index (χ1v) is 10.0. The molecule has 6 nitrogen and oxygen atoms in total. The minimum absolute atomic E-state index is 0.00963. The van der Waals surface area contributed by atoms with Gasteiger partial charge in [0.25, 0.3) is 0 Å². The molecule has 7 heteroatoms. The van der Waals surface area contributed by atoms with E-state index < -0.39 is 0 Å². The minimum atomic E-state index is -0.177.